The van der Waals surface area contributed by atoms with Gasteiger partial charge in [-0.15, -0.1) is 0 Å². The number of nitrogens with one attached hydrogen (secondary N) is 1. The second kappa shape index (κ2) is 8.65. The normalized spacial score (nSPS) is 13.6. The molecule has 0 unspecified atom stereocenters. The van der Waals surface area contributed by atoms with E-state index in [1.54, 1.807) is 12.3 Å². The lowest BCUT2D eigenvalue weighted by Crippen LogP contribution is -2.30. The van der Waals surface area contributed by atoms with Crippen LogP contribution < -0.4 is 5.32 Å². The van der Waals surface area contributed by atoms with E-state index in [1.165, 1.54) is 0 Å². The van der Waals surface area contributed by atoms with Crippen molar-refractivity contribution in [2.24, 2.45) is 0 Å². The molecule has 0 aliphatic heterocycles. The fraction of sp³-hybridized carbons (Fsp3) is 0.391. The van der Waals surface area contributed by atoms with Gasteiger partial charge in [-0.05, 0) is 44.7 Å². The zero-order chi connectivity index (χ0) is 21.1. The topological polar surface area (TPSA) is 86.1 Å². The molecule has 1 fully saturated rings. The first kappa shape index (κ1) is 20.1. The van der Waals surface area contributed by atoms with Crippen LogP contribution in [0.15, 0.2) is 42.6 Å². The van der Waals surface area contributed by atoms with Crippen LogP contribution in [0.4, 0.5) is 0 Å². The maximum atomic E-state index is 12.8. The number of fused-ring (bicyclic) bond motifs is 1. The summed E-state index contributed by atoms with van der Waals surface area (Å²) in [6, 6.07) is 11.8. The van der Waals surface area contributed by atoms with Crippen molar-refractivity contribution in [3.63, 3.8) is 0 Å². The Morgan fingerprint density at radius 1 is 1.23 bits per heavy atom. The van der Waals surface area contributed by atoms with E-state index in [0.29, 0.717) is 29.1 Å². The molecule has 0 saturated heterocycles. The number of esters is 1. The third kappa shape index (κ3) is 4.50. The van der Waals surface area contributed by atoms with E-state index in [4.69, 9.17) is 9.72 Å². The Kier molecular flexibility index (Phi) is 5.79. The number of hydrogen-bond donors (Lipinski definition) is 1. The Morgan fingerprint density at radius 2 is 2.00 bits per heavy atom. The molecule has 0 bridgehead atoms. The van der Waals surface area contributed by atoms with Crippen LogP contribution in [-0.2, 0) is 16.0 Å². The average Bonchev–Trinajstić information content (AvgIpc) is 3.50. The Balaban J connectivity index is 1.41. The fourth-order valence-corrected chi connectivity index (χ4v) is 3.42. The summed E-state index contributed by atoms with van der Waals surface area (Å²) in [5.41, 5.74) is 3.15. The van der Waals surface area contributed by atoms with Gasteiger partial charge in [-0.3, -0.25) is 4.79 Å². The van der Waals surface area contributed by atoms with Gasteiger partial charge >= 0.3 is 5.97 Å². The fourth-order valence-electron chi connectivity index (χ4n) is 3.42. The molecular formula is C23H26N4O3. The number of benzene rings is 1. The van der Waals surface area contributed by atoms with Crippen molar-refractivity contribution in [1.29, 1.82) is 0 Å². The average molecular weight is 406 g/mol. The van der Waals surface area contributed by atoms with Crippen molar-refractivity contribution in [3.8, 4) is 0 Å². The Hall–Kier alpha value is -3.22. The molecule has 1 aliphatic rings. The molecular weight excluding hydrogens is 380 g/mol. The lowest BCUT2D eigenvalue weighted by Gasteiger charge is -2.10. The molecule has 3 aromatic rings. The standard InChI is InChI=1S/C23H26N4O3/c1-15(2)27-22-19(13-25-27)18(12-20(26-22)17-8-9-17)23(29)30-14-21(28)24-11-10-16-6-4-3-5-7-16/h3-7,12-13,15,17H,8-11,14H2,1-2H3,(H,24,28). The van der Waals surface area contributed by atoms with Crippen molar-refractivity contribution in [3.05, 3.63) is 59.4 Å². The lowest BCUT2D eigenvalue weighted by molar-refractivity contribution is -0.124. The third-order valence-electron chi connectivity index (χ3n) is 5.20. The summed E-state index contributed by atoms with van der Waals surface area (Å²) < 4.78 is 7.12. The Labute approximate surface area is 175 Å². The molecule has 0 radical (unpaired) electrons. The molecule has 2 aromatic heterocycles. The van der Waals surface area contributed by atoms with Crippen LogP contribution in [0.3, 0.4) is 0 Å². The number of hydrogen-bond acceptors (Lipinski definition) is 5. The molecule has 30 heavy (non-hydrogen) atoms. The second-order valence-electron chi connectivity index (χ2n) is 7.95. The number of carbonyl (C=O) groups is 2. The first-order chi connectivity index (χ1) is 14.5. The van der Waals surface area contributed by atoms with Crippen LogP contribution >= 0.6 is 0 Å². The van der Waals surface area contributed by atoms with E-state index in [-0.39, 0.29) is 18.6 Å². The predicted octanol–water partition coefficient (Wildman–Crippen LogP) is 3.41. The first-order valence-electron chi connectivity index (χ1n) is 10.4. The van der Waals surface area contributed by atoms with E-state index < -0.39 is 5.97 Å². The Bertz CT molecular complexity index is 1060. The lowest BCUT2D eigenvalue weighted by atomic mass is 10.1. The van der Waals surface area contributed by atoms with E-state index >= 15 is 0 Å². The summed E-state index contributed by atoms with van der Waals surface area (Å²) >= 11 is 0. The SMILES string of the molecule is CC(C)n1ncc2c(C(=O)OCC(=O)NCCc3ccccc3)cc(C3CC3)nc21. The molecule has 1 aliphatic carbocycles. The molecule has 0 atom stereocenters. The predicted molar refractivity (Wildman–Crippen MR) is 113 cm³/mol. The largest absolute Gasteiger partial charge is 0.452 e. The number of rotatable bonds is 8. The number of nitrogens with zero attached hydrogens (tertiary/aromatic N) is 3. The van der Waals surface area contributed by atoms with Crippen molar-refractivity contribution in [2.45, 2.75) is 45.1 Å². The molecule has 2 heterocycles. The van der Waals surface area contributed by atoms with Gasteiger partial charge in [0.1, 0.15) is 0 Å². The second-order valence-corrected chi connectivity index (χ2v) is 7.95. The molecule has 7 nitrogen and oxygen atoms in total. The minimum atomic E-state index is -0.522. The van der Waals surface area contributed by atoms with Gasteiger partial charge in [0.05, 0.1) is 17.1 Å². The molecule has 0 spiro atoms. The van der Waals surface area contributed by atoms with Crippen molar-refractivity contribution in [2.75, 3.05) is 13.2 Å². The van der Waals surface area contributed by atoms with Crippen molar-refractivity contribution < 1.29 is 14.3 Å². The van der Waals surface area contributed by atoms with Gasteiger partial charge in [-0.1, -0.05) is 30.3 Å². The smallest absolute Gasteiger partial charge is 0.339 e. The minimum absolute atomic E-state index is 0.128. The highest BCUT2D eigenvalue weighted by Crippen LogP contribution is 2.40. The maximum absolute atomic E-state index is 12.8. The summed E-state index contributed by atoms with van der Waals surface area (Å²) in [6.07, 6.45) is 4.53. The minimum Gasteiger partial charge on any atom is -0.452 e. The number of ether oxygens (including phenoxy) is 1. The van der Waals surface area contributed by atoms with Crippen LogP contribution in [0.1, 0.15) is 60.3 Å². The maximum Gasteiger partial charge on any atom is 0.339 e. The monoisotopic (exact) mass is 406 g/mol. The highest BCUT2D eigenvalue weighted by Gasteiger charge is 2.28. The van der Waals surface area contributed by atoms with Gasteiger partial charge in [0.2, 0.25) is 0 Å². The number of carbonyl (C=O) groups excluding carboxylic acids is 2. The van der Waals surface area contributed by atoms with Gasteiger partial charge < -0.3 is 10.1 Å². The van der Waals surface area contributed by atoms with Gasteiger partial charge in [0.15, 0.2) is 12.3 Å². The van der Waals surface area contributed by atoms with Crippen LogP contribution in [0.2, 0.25) is 0 Å². The third-order valence-corrected chi connectivity index (χ3v) is 5.20. The number of pyridine rings is 1. The highest BCUT2D eigenvalue weighted by molar-refractivity contribution is 6.03. The molecule has 1 aromatic carbocycles. The summed E-state index contributed by atoms with van der Waals surface area (Å²) in [6.45, 7) is 4.23. The van der Waals surface area contributed by atoms with Crippen molar-refractivity contribution >= 4 is 22.9 Å². The van der Waals surface area contributed by atoms with Gasteiger partial charge in [0, 0.05) is 24.2 Å². The van der Waals surface area contributed by atoms with Crippen LogP contribution in [0.25, 0.3) is 11.0 Å². The van der Waals surface area contributed by atoms with Crippen LogP contribution in [0, 0.1) is 0 Å². The summed E-state index contributed by atoms with van der Waals surface area (Å²) in [5.74, 6) is -0.451. The van der Waals surface area contributed by atoms with Crippen LogP contribution in [-0.4, -0.2) is 39.8 Å². The molecule has 1 amide bonds. The van der Waals surface area contributed by atoms with Gasteiger partial charge in [-0.2, -0.15) is 5.10 Å². The van der Waals surface area contributed by atoms with E-state index in [1.807, 2.05) is 48.9 Å². The molecule has 156 valence electrons. The van der Waals surface area contributed by atoms with Gasteiger partial charge in [0.25, 0.3) is 5.91 Å². The number of amides is 1. The molecule has 4 rings (SSSR count). The summed E-state index contributed by atoms with van der Waals surface area (Å²) in [7, 11) is 0. The number of aromatic nitrogens is 3. The van der Waals surface area contributed by atoms with E-state index in [2.05, 4.69) is 10.4 Å². The summed E-state index contributed by atoms with van der Waals surface area (Å²) in [5, 5.41) is 7.83. The molecule has 1 N–H and O–H groups in total. The van der Waals surface area contributed by atoms with Crippen LogP contribution in [0.5, 0.6) is 0 Å². The first-order valence-corrected chi connectivity index (χ1v) is 10.4. The Morgan fingerprint density at radius 3 is 2.70 bits per heavy atom. The summed E-state index contributed by atoms with van der Waals surface area (Å²) in [4.78, 5) is 29.6. The van der Waals surface area contributed by atoms with Gasteiger partial charge in [-0.25, -0.2) is 14.5 Å². The van der Waals surface area contributed by atoms with E-state index in [9.17, 15) is 9.59 Å². The van der Waals surface area contributed by atoms with E-state index in [0.717, 1.165) is 30.5 Å². The zero-order valence-corrected chi connectivity index (χ0v) is 17.3. The van der Waals surface area contributed by atoms with Crippen molar-refractivity contribution in [1.82, 2.24) is 20.1 Å². The highest BCUT2D eigenvalue weighted by atomic mass is 16.5. The molecule has 7 heteroatoms. The zero-order valence-electron chi connectivity index (χ0n) is 17.3. The molecule has 1 saturated carbocycles. The quantitative estimate of drug-likeness (QED) is 0.580.